The van der Waals surface area contributed by atoms with Gasteiger partial charge in [0.15, 0.2) is 0 Å². The molecule has 0 unspecified atom stereocenters. The second-order valence-corrected chi connectivity index (χ2v) is 9.84. The summed E-state index contributed by atoms with van der Waals surface area (Å²) >= 11 is 0. The van der Waals surface area contributed by atoms with Crippen molar-refractivity contribution >= 4 is 11.9 Å². The number of esters is 2. The van der Waals surface area contributed by atoms with Crippen LogP contribution in [0.5, 0.6) is 11.5 Å². The molecule has 6 heteroatoms. The maximum atomic E-state index is 13.7. The minimum absolute atomic E-state index is 0.134. The van der Waals surface area contributed by atoms with Crippen LogP contribution in [0.2, 0.25) is 0 Å². The van der Waals surface area contributed by atoms with Crippen LogP contribution in [0.25, 0.3) is 0 Å². The van der Waals surface area contributed by atoms with E-state index in [1.54, 1.807) is 14.2 Å². The van der Waals surface area contributed by atoms with Crippen molar-refractivity contribution in [2.75, 3.05) is 14.2 Å². The van der Waals surface area contributed by atoms with Gasteiger partial charge in [-0.15, -0.1) is 0 Å². The van der Waals surface area contributed by atoms with Gasteiger partial charge in [0.2, 0.25) is 0 Å². The molecule has 0 N–H and O–H groups in total. The Kier molecular flexibility index (Phi) is 8.45. The highest BCUT2D eigenvalue weighted by molar-refractivity contribution is 5.85. The highest BCUT2D eigenvalue weighted by Gasteiger charge is 2.59. The van der Waals surface area contributed by atoms with Crippen molar-refractivity contribution in [3.63, 3.8) is 0 Å². The Labute approximate surface area is 234 Å². The van der Waals surface area contributed by atoms with Crippen LogP contribution in [-0.4, -0.2) is 26.2 Å². The van der Waals surface area contributed by atoms with E-state index in [0.29, 0.717) is 0 Å². The normalized spacial score (nSPS) is 19.6. The zero-order valence-corrected chi connectivity index (χ0v) is 22.6. The fourth-order valence-electron chi connectivity index (χ4n) is 5.46. The largest absolute Gasteiger partial charge is 0.497 e. The number of carbonyl (C=O) groups excluding carboxylic acids is 2. The van der Waals surface area contributed by atoms with Gasteiger partial charge >= 0.3 is 11.9 Å². The molecule has 40 heavy (non-hydrogen) atoms. The van der Waals surface area contributed by atoms with Crippen LogP contribution >= 0.6 is 0 Å². The molecule has 0 aromatic heterocycles. The maximum absolute atomic E-state index is 13.7. The van der Waals surface area contributed by atoms with E-state index in [-0.39, 0.29) is 37.0 Å². The summed E-state index contributed by atoms with van der Waals surface area (Å²) in [5, 5.41) is 0. The van der Waals surface area contributed by atoms with Crippen molar-refractivity contribution in [2.24, 2.45) is 11.8 Å². The summed E-state index contributed by atoms with van der Waals surface area (Å²) < 4.78 is 22.1. The van der Waals surface area contributed by atoms with Gasteiger partial charge in [-0.05, 0) is 46.5 Å². The molecule has 6 nitrogen and oxygen atoms in total. The van der Waals surface area contributed by atoms with E-state index in [2.05, 4.69) is 0 Å². The number of hydrogen-bond donors (Lipinski definition) is 0. The lowest BCUT2D eigenvalue weighted by Crippen LogP contribution is -2.51. The lowest BCUT2D eigenvalue weighted by molar-refractivity contribution is -0.169. The second kappa shape index (κ2) is 12.5. The molecule has 204 valence electrons. The quantitative estimate of drug-likeness (QED) is 0.222. The Morgan fingerprint density at radius 2 is 0.875 bits per heavy atom. The van der Waals surface area contributed by atoms with E-state index >= 15 is 0 Å². The average Bonchev–Trinajstić information content (AvgIpc) is 3.00. The molecule has 5 rings (SSSR count). The molecule has 0 aliphatic heterocycles. The third-order valence-electron chi connectivity index (χ3n) is 7.54. The van der Waals surface area contributed by atoms with Gasteiger partial charge in [0.1, 0.15) is 24.7 Å². The van der Waals surface area contributed by atoms with E-state index < -0.39 is 11.8 Å². The van der Waals surface area contributed by atoms with E-state index in [4.69, 9.17) is 18.9 Å². The first-order valence-electron chi connectivity index (χ1n) is 13.3. The predicted molar refractivity (Wildman–Crippen MR) is 151 cm³/mol. The van der Waals surface area contributed by atoms with Crippen LogP contribution in [0.1, 0.15) is 34.1 Å². The first-order valence-corrected chi connectivity index (χ1v) is 13.3. The second-order valence-electron chi connectivity index (χ2n) is 9.84. The highest BCUT2D eigenvalue weighted by Crippen LogP contribution is 2.58. The minimum atomic E-state index is -0.540. The molecule has 1 fully saturated rings. The third-order valence-corrected chi connectivity index (χ3v) is 7.54. The van der Waals surface area contributed by atoms with Crippen LogP contribution < -0.4 is 9.47 Å². The van der Waals surface area contributed by atoms with Crippen molar-refractivity contribution in [1.82, 2.24) is 0 Å². The maximum Gasteiger partial charge on any atom is 0.310 e. The zero-order valence-electron chi connectivity index (χ0n) is 22.6. The molecule has 1 aliphatic carbocycles. The van der Waals surface area contributed by atoms with Crippen LogP contribution in [0.15, 0.2) is 109 Å². The summed E-state index contributed by atoms with van der Waals surface area (Å²) in [6.07, 6.45) is 0. The molecule has 4 aromatic rings. The Hall–Kier alpha value is -4.58. The molecule has 1 aliphatic rings. The summed E-state index contributed by atoms with van der Waals surface area (Å²) in [6.45, 7) is 0.268. The number of hydrogen-bond acceptors (Lipinski definition) is 6. The Morgan fingerprint density at radius 3 is 1.20 bits per heavy atom. The highest BCUT2D eigenvalue weighted by atomic mass is 16.5. The molecule has 1 saturated carbocycles. The molecule has 0 saturated heterocycles. The fourth-order valence-corrected chi connectivity index (χ4v) is 5.46. The number of rotatable bonds is 10. The zero-order chi connectivity index (χ0) is 27.9. The van der Waals surface area contributed by atoms with Crippen LogP contribution in [0.3, 0.4) is 0 Å². The summed E-state index contributed by atoms with van der Waals surface area (Å²) in [5.41, 5.74) is 3.54. The monoisotopic (exact) mass is 536 g/mol. The predicted octanol–water partition coefficient (Wildman–Crippen LogP) is 6.30. The van der Waals surface area contributed by atoms with Crippen LogP contribution in [0, 0.1) is 11.8 Å². The SMILES string of the molecule is COc1ccc(COC(=O)C2C(c3ccccc3)C(C(=O)OCc3ccc(OC)cc3)C2c2ccccc2)cc1. The van der Waals surface area contributed by atoms with Gasteiger partial charge < -0.3 is 18.9 Å². The smallest absolute Gasteiger partial charge is 0.310 e. The molecule has 4 aromatic carbocycles. The number of methoxy groups -OCH3 is 2. The van der Waals surface area contributed by atoms with Gasteiger partial charge in [-0.2, -0.15) is 0 Å². The summed E-state index contributed by atoms with van der Waals surface area (Å²) in [7, 11) is 3.22. The Bertz CT molecular complexity index is 1280. The van der Waals surface area contributed by atoms with E-state index in [1.807, 2.05) is 109 Å². The number of carbonyl (C=O) groups is 2. The van der Waals surface area contributed by atoms with Crippen molar-refractivity contribution in [2.45, 2.75) is 25.0 Å². The summed E-state index contributed by atoms with van der Waals surface area (Å²) in [6, 6.07) is 34.2. The van der Waals surface area contributed by atoms with E-state index in [0.717, 1.165) is 33.8 Å². The summed E-state index contributed by atoms with van der Waals surface area (Å²) in [4.78, 5) is 27.4. The topological polar surface area (TPSA) is 71.1 Å². The standard InChI is InChI=1S/C34H32O6/c1-37-27-17-13-23(14-18-27)21-39-33(35)31-29(25-9-5-3-6-10-25)32(30(31)26-11-7-4-8-12-26)34(36)40-22-24-15-19-28(38-2)20-16-24/h3-20,29-32H,21-22H2,1-2H3. The first kappa shape index (κ1) is 27.0. The Morgan fingerprint density at radius 1 is 0.525 bits per heavy atom. The first-order chi connectivity index (χ1) is 19.6. The molecule has 0 atom stereocenters. The molecular weight excluding hydrogens is 504 g/mol. The number of benzene rings is 4. The van der Waals surface area contributed by atoms with Crippen molar-refractivity contribution in [3.05, 3.63) is 131 Å². The van der Waals surface area contributed by atoms with Gasteiger partial charge in [-0.25, -0.2) is 0 Å². The lowest BCUT2D eigenvalue weighted by Gasteiger charge is -2.49. The van der Waals surface area contributed by atoms with Crippen molar-refractivity contribution in [1.29, 1.82) is 0 Å². The van der Waals surface area contributed by atoms with E-state index in [1.165, 1.54) is 0 Å². The number of ether oxygens (including phenoxy) is 4. The summed E-state index contributed by atoms with van der Waals surface area (Å²) in [5.74, 6) is -1.04. The lowest BCUT2D eigenvalue weighted by atomic mass is 9.52. The fraction of sp³-hybridized carbons (Fsp3) is 0.235. The van der Waals surface area contributed by atoms with Crippen molar-refractivity contribution < 1.29 is 28.5 Å². The minimum Gasteiger partial charge on any atom is -0.497 e. The van der Waals surface area contributed by atoms with Crippen LogP contribution in [0.4, 0.5) is 0 Å². The van der Waals surface area contributed by atoms with Gasteiger partial charge in [0.05, 0.1) is 26.1 Å². The molecule has 0 heterocycles. The van der Waals surface area contributed by atoms with Crippen molar-refractivity contribution in [3.8, 4) is 11.5 Å². The molecular formula is C34H32O6. The molecule has 0 bridgehead atoms. The van der Waals surface area contributed by atoms with Crippen LogP contribution in [-0.2, 0) is 32.3 Å². The van der Waals surface area contributed by atoms with Gasteiger partial charge in [0.25, 0.3) is 0 Å². The molecule has 0 radical (unpaired) electrons. The third kappa shape index (κ3) is 5.86. The molecule has 0 spiro atoms. The van der Waals surface area contributed by atoms with Gasteiger partial charge in [-0.3, -0.25) is 9.59 Å². The van der Waals surface area contributed by atoms with E-state index in [9.17, 15) is 9.59 Å². The van der Waals surface area contributed by atoms with Gasteiger partial charge in [0, 0.05) is 11.8 Å². The van der Waals surface area contributed by atoms with Gasteiger partial charge in [-0.1, -0.05) is 84.9 Å². The average molecular weight is 537 g/mol. The molecule has 0 amide bonds. The Balaban J connectivity index is 1.40.